The molecule has 166 valence electrons. The van der Waals surface area contributed by atoms with Crippen molar-refractivity contribution in [3.05, 3.63) is 77.4 Å². The number of carbonyl (C=O) groups excluding carboxylic acids is 1. The third-order valence-electron chi connectivity index (χ3n) is 6.81. The number of rotatable bonds is 6. The van der Waals surface area contributed by atoms with Crippen molar-refractivity contribution in [1.29, 1.82) is 0 Å². The summed E-state index contributed by atoms with van der Waals surface area (Å²) in [4.78, 5) is 17.6. The Morgan fingerprint density at radius 2 is 1.62 bits per heavy atom. The van der Waals surface area contributed by atoms with Crippen LogP contribution >= 0.6 is 0 Å². The fourth-order valence-electron chi connectivity index (χ4n) is 4.96. The van der Waals surface area contributed by atoms with Gasteiger partial charge in [-0.05, 0) is 84.9 Å². The average molecular weight is 429 g/mol. The zero-order valence-electron chi connectivity index (χ0n) is 18.8. The molecule has 1 amide bonds. The monoisotopic (exact) mass is 428 g/mol. The summed E-state index contributed by atoms with van der Waals surface area (Å²) in [5.74, 6) is 1.02. The standard InChI is InChI=1S/C28H32N2O2/c31-28(30-17-13-22-7-2-3-8-26(22)21-30)25-10-9-24-20-27(12-11-23(24)19-25)32-18-6-16-29-14-4-1-5-15-29/h2-3,7-12,19-20H,1,4-6,13-18,21H2. The fourth-order valence-corrected chi connectivity index (χ4v) is 4.96. The largest absolute Gasteiger partial charge is 0.494 e. The van der Waals surface area contributed by atoms with Crippen molar-refractivity contribution in [3.8, 4) is 5.75 Å². The zero-order chi connectivity index (χ0) is 21.8. The highest BCUT2D eigenvalue weighted by Crippen LogP contribution is 2.25. The minimum absolute atomic E-state index is 0.111. The molecule has 4 nitrogen and oxygen atoms in total. The second kappa shape index (κ2) is 9.74. The van der Waals surface area contributed by atoms with E-state index in [2.05, 4.69) is 41.3 Å². The summed E-state index contributed by atoms with van der Waals surface area (Å²) in [6.07, 6.45) is 6.03. The number of amides is 1. The van der Waals surface area contributed by atoms with Gasteiger partial charge in [0.2, 0.25) is 0 Å². The molecule has 2 heterocycles. The van der Waals surface area contributed by atoms with E-state index in [9.17, 15) is 4.79 Å². The molecule has 2 aliphatic heterocycles. The van der Waals surface area contributed by atoms with Crippen LogP contribution in [-0.4, -0.2) is 48.5 Å². The van der Waals surface area contributed by atoms with Crippen molar-refractivity contribution >= 4 is 16.7 Å². The van der Waals surface area contributed by atoms with Crippen molar-refractivity contribution in [1.82, 2.24) is 9.80 Å². The number of carbonyl (C=O) groups is 1. The summed E-state index contributed by atoms with van der Waals surface area (Å²) >= 11 is 0. The van der Waals surface area contributed by atoms with Crippen LogP contribution in [0.15, 0.2) is 60.7 Å². The summed E-state index contributed by atoms with van der Waals surface area (Å²) in [6, 6.07) is 20.6. The second-order valence-corrected chi connectivity index (χ2v) is 9.07. The summed E-state index contributed by atoms with van der Waals surface area (Å²) in [7, 11) is 0. The van der Waals surface area contributed by atoms with E-state index in [4.69, 9.17) is 4.74 Å². The molecule has 4 heteroatoms. The van der Waals surface area contributed by atoms with Crippen molar-refractivity contribution in [2.24, 2.45) is 0 Å². The molecule has 0 saturated carbocycles. The molecule has 0 aliphatic carbocycles. The quantitative estimate of drug-likeness (QED) is 0.500. The van der Waals surface area contributed by atoms with E-state index in [-0.39, 0.29) is 5.91 Å². The van der Waals surface area contributed by atoms with Gasteiger partial charge in [0.15, 0.2) is 0 Å². The Kier molecular flexibility index (Phi) is 6.40. The van der Waals surface area contributed by atoms with Gasteiger partial charge >= 0.3 is 0 Å². The maximum atomic E-state index is 13.1. The first kappa shape index (κ1) is 21.0. The lowest BCUT2D eigenvalue weighted by atomic mass is 9.99. The number of nitrogens with zero attached hydrogens (tertiary/aromatic N) is 2. The Morgan fingerprint density at radius 1 is 0.844 bits per heavy atom. The van der Waals surface area contributed by atoms with Crippen LogP contribution in [0.1, 0.15) is 47.2 Å². The first-order valence-corrected chi connectivity index (χ1v) is 12.0. The molecule has 0 radical (unpaired) electrons. The molecule has 32 heavy (non-hydrogen) atoms. The van der Waals surface area contributed by atoms with Gasteiger partial charge in [-0.1, -0.05) is 42.8 Å². The number of benzene rings is 3. The molecule has 0 unspecified atom stereocenters. The maximum absolute atomic E-state index is 13.1. The normalized spacial score (nSPS) is 16.7. The van der Waals surface area contributed by atoms with Gasteiger partial charge in [0, 0.05) is 25.2 Å². The molecule has 0 spiro atoms. The SMILES string of the molecule is O=C(c1ccc2cc(OCCCN3CCCCC3)ccc2c1)N1CCc2ccccc2C1. The van der Waals surface area contributed by atoms with Crippen molar-refractivity contribution < 1.29 is 9.53 Å². The van der Waals surface area contributed by atoms with Gasteiger partial charge in [0.25, 0.3) is 5.91 Å². The van der Waals surface area contributed by atoms with Gasteiger partial charge in [-0.2, -0.15) is 0 Å². The van der Waals surface area contributed by atoms with Gasteiger partial charge in [-0.25, -0.2) is 0 Å². The minimum atomic E-state index is 0.111. The third-order valence-corrected chi connectivity index (χ3v) is 6.81. The Bertz CT molecular complexity index is 1090. The van der Waals surface area contributed by atoms with Crippen LogP contribution in [0.5, 0.6) is 5.75 Å². The number of ether oxygens (including phenoxy) is 1. The highest BCUT2D eigenvalue weighted by atomic mass is 16.5. The van der Waals surface area contributed by atoms with Crippen molar-refractivity contribution in [2.45, 2.75) is 38.6 Å². The molecular weight excluding hydrogens is 396 g/mol. The average Bonchev–Trinajstić information content (AvgIpc) is 2.86. The second-order valence-electron chi connectivity index (χ2n) is 9.07. The Hall–Kier alpha value is -2.85. The number of piperidine rings is 1. The fraction of sp³-hybridized carbons (Fsp3) is 0.393. The predicted octanol–water partition coefficient (Wildman–Crippen LogP) is 5.29. The number of fused-ring (bicyclic) bond motifs is 2. The highest BCUT2D eigenvalue weighted by molar-refractivity contribution is 5.99. The molecule has 0 aromatic heterocycles. The summed E-state index contributed by atoms with van der Waals surface area (Å²) in [6.45, 7) is 5.81. The third kappa shape index (κ3) is 4.81. The highest BCUT2D eigenvalue weighted by Gasteiger charge is 2.21. The Labute approximate surface area is 190 Å². The van der Waals surface area contributed by atoms with Crippen LogP contribution in [0.25, 0.3) is 10.8 Å². The lowest BCUT2D eigenvalue weighted by molar-refractivity contribution is 0.0735. The minimum Gasteiger partial charge on any atom is -0.494 e. The van der Waals surface area contributed by atoms with E-state index in [0.29, 0.717) is 6.54 Å². The molecule has 1 fully saturated rings. The van der Waals surface area contributed by atoms with Gasteiger partial charge in [0.05, 0.1) is 6.61 Å². The molecule has 0 N–H and O–H groups in total. The van der Waals surface area contributed by atoms with Crippen molar-refractivity contribution in [3.63, 3.8) is 0 Å². The maximum Gasteiger partial charge on any atom is 0.254 e. The van der Waals surface area contributed by atoms with E-state index in [1.54, 1.807) is 0 Å². The van der Waals surface area contributed by atoms with Crippen LogP contribution in [-0.2, 0) is 13.0 Å². The van der Waals surface area contributed by atoms with Crippen LogP contribution in [0, 0.1) is 0 Å². The molecule has 3 aromatic carbocycles. The van der Waals surface area contributed by atoms with Crippen LogP contribution in [0.4, 0.5) is 0 Å². The van der Waals surface area contributed by atoms with Gasteiger partial charge in [-0.3, -0.25) is 4.79 Å². The van der Waals surface area contributed by atoms with E-state index < -0.39 is 0 Å². The lowest BCUT2D eigenvalue weighted by Crippen LogP contribution is -2.35. The first-order chi connectivity index (χ1) is 15.8. The number of hydrogen-bond donors (Lipinski definition) is 0. The van der Waals surface area contributed by atoms with E-state index in [1.807, 2.05) is 29.2 Å². The summed E-state index contributed by atoms with van der Waals surface area (Å²) in [5.41, 5.74) is 3.38. The number of likely N-dealkylation sites (tertiary alicyclic amines) is 1. The lowest BCUT2D eigenvalue weighted by Gasteiger charge is -2.29. The molecule has 1 saturated heterocycles. The van der Waals surface area contributed by atoms with E-state index >= 15 is 0 Å². The number of hydrogen-bond acceptors (Lipinski definition) is 3. The topological polar surface area (TPSA) is 32.8 Å². The van der Waals surface area contributed by atoms with Crippen LogP contribution in [0.2, 0.25) is 0 Å². The van der Waals surface area contributed by atoms with Crippen molar-refractivity contribution in [2.75, 3.05) is 32.8 Å². The van der Waals surface area contributed by atoms with E-state index in [1.165, 1.54) is 43.5 Å². The van der Waals surface area contributed by atoms with E-state index in [0.717, 1.165) is 54.6 Å². The van der Waals surface area contributed by atoms with Gasteiger partial charge in [-0.15, -0.1) is 0 Å². The molecular formula is C28H32N2O2. The van der Waals surface area contributed by atoms with Crippen LogP contribution in [0.3, 0.4) is 0 Å². The molecule has 0 bridgehead atoms. The molecule has 5 rings (SSSR count). The Morgan fingerprint density at radius 3 is 2.50 bits per heavy atom. The summed E-state index contributed by atoms with van der Waals surface area (Å²) < 4.78 is 6.01. The zero-order valence-corrected chi connectivity index (χ0v) is 18.8. The van der Waals surface area contributed by atoms with Crippen LogP contribution < -0.4 is 4.74 Å². The van der Waals surface area contributed by atoms with Gasteiger partial charge in [0.1, 0.15) is 5.75 Å². The Balaban J connectivity index is 1.19. The molecule has 3 aromatic rings. The first-order valence-electron chi connectivity index (χ1n) is 12.0. The van der Waals surface area contributed by atoms with Gasteiger partial charge < -0.3 is 14.5 Å². The predicted molar refractivity (Wildman–Crippen MR) is 129 cm³/mol. The molecule has 2 aliphatic rings. The molecule has 0 atom stereocenters. The smallest absolute Gasteiger partial charge is 0.254 e. The summed E-state index contributed by atoms with van der Waals surface area (Å²) in [5, 5.41) is 2.19.